The average Bonchev–Trinajstić information content (AvgIpc) is 2.86. The normalized spacial score (nSPS) is 28.8. The Labute approximate surface area is 221 Å². The second-order valence-electron chi connectivity index (χ2n) is 10.5. The van der Waals surface area contributed by atoms with Crippen LogP contribution in [0, 0.1) is 18.3 Å². The number of benzene rings is 1. The number of aromatic hydroxyl groups is 1. The molecule has 1 aliphatic carbocycles. The first-order valence-corrected chi connectivity index (χ1v) is 12.7. The van der Waals surface area contributed by atoms with Gasteiger partial charge in [0.05, 0.1) is 32.4 Å². The summed E-state index contributed by atoms with van der Waals surface area (Å²) in [5.74, 6) is -0.518. The molecule has 0 spiro atoms. The minimum absolute atomic E-state index is 0.00828. The van der Waals surface area contributed by atoms with Crippen molar-refractivity contribution in [1.82, 2.24) is 15.1 Å². The first kappa shape index (κ1) is 25.9. The van der Waals surface area contributed by atoms with Gasteiger partial charge in [0.15, 0.2) is 23.0 Å². The number of rotatable bonds is 4. The first-order chi connectivity index (χ1) is 18.1. The molecule has 1 amide bonds. The Bertz CT molecular complexity index is 1370. The summed E-state index contributed by atoms with van der Waals surface area (Å²) in [6, 6.07) is 2.07. The molecule has 200 valence electrons. The Kier molecular flexibility index (Phi) is 6.32. The number of likely N-dealkylation sites (N-methyl/N-ethyl adjacent to an activating group) is 1. The third-order valence-electron chi connectivity index (χ3n) is 8.61. The van der Waals surface area contributed by atoms with E-state index in [1.165, 1.54) is 21.1 Å². The number of fused-ring (bicyclic) bond motifs is 6. The molecular weight excluding hydrogens is 488 g/mol. The smallest absolute Gasteiger partial charge is 0.226 e. The molecule has 0 radical (unpaired) electrons. The monoisotopic (exact) mass is 520 g/mol. The summed E-state index contributed by atoms with van der Waals surface area (Å²) in [6.07, 6.45) is 0.718. The van der Waals surface area contributed by atoms with Crippen molar-refractivity contribution in [1.29, 1.82) is 5.26 Å². The molecule has 10 heteroatoms. The van der Waals surface area contributed by atoms with Crippen LogP contribution in [0.4, 0.5) is 0 Å². The van der Waals surface area contributed by atoms with E-state index in [2.05, 4.69) is 16.3 Å². The largest absolute Gasteiger partial charge is 0.504 e. The lowest BCUT2D eigenvalue weighted by Crippen LogP contribution is -2.71. The second kappa shape index (κ2) is 9.26. The number of ketones is 2. The zero-order valence-corrected chi connectivity index (χ0v) is 22.4. The molecule has 0 aromatic heterocycles. The van der Waals surface area contributed by atoms with Crippen molar-refractivity contribution in [2.24, 2.45) is 0 Å². The summed E-state index contributed by atoms with van der Waals surface area (Å²) in [5.41, 5.74) is 3.34. The summed E-state index contributed by atoms with van der Waals surface area (Å²) >= 11 is 0. The van der Waals surface area contributed by atoms with E-state index in [1.807, 2.05) is 24.9 Å². The summed E-state index contributed by atoms with van der Waals surface area (Å²) in [6.45, 7) is 4.89. The van der Waals surface area contributed by atoms with Gasteiger partial charge in [-0.15, -0.1) is 0 Å². The zero-order chi connectivity index (χ0) is 27.6. The average molecular weight is 521 g/mol. The molecule has 1 aromatic rings. The van der Waals surface area contributed by atoms with Gasteiger partial charge in [0.1, 0.15) is 6.04 Å². The Morgan fingerprint density at radius 3 is 2.50 bits per heavy atom. The van der Waals surface area contributed by atoms with Crippen LogP contribution in [-0.4, -0.2) is 84.4 Å². The number of carbonyl (C=O) groups is 3. The van der Waals surface area contributed by atoms with Gasteiger partial charge >= 0.3 is 0 Å². The van der Waals surface area contributed by atoms with E-state index in [9.17, 15) is 24.8 Å². The number of nitrogens with zero attached hydrogens (tertiary/aromatic N) is 3. The second-order valence-corrected chi connectivity index (χ2v) is 10.5. The number of hydrogen-bond acceptors (Lipinski definition) is 9. The van der Waals surface area contributed by atoms with Crippen molar-refractivity contribution in [3.63, 3.8) is 0 Å². The molecule has 5 rings (SSSR count). The van der Waals surface area contributed by atoms with Gasteiger partial charge in [-0.05, 0) is 44.9 Å². The lowest BCUT2D eigenvalue weighted by molar-refractivity contribution is -0.124. The van der Waals surface area contributed by atoms with E-state index in [0.29, 0.717) is 23.3 Å². The Balaban J connectivity index is 1.74. The number of phenols is 1. The molecule has 0 saturated carbocycles. The summed E-state index contributed by atoms with van der Waals surface area (Å²) in [4.78, 5) is 43.3. The lowest BCUT2D eigenvalue weighted by Gasteiger charge is -2.60. The molecular formula is C28H32N4O6. The predicted molar refractivity (Wildman–Crippen MR) is 136 cm³/mol. The van der Waals surface area contributed by atoms with Crippen LogP contribution in [0.2, 0.25) is 0 Å². The number of ether oxygens (including phenoxy) is 2. The number of phenolic OH excluding ortho intramolecular Hbond substituents is 1. The van der Waals surface area contributed by atoms with Gasteiger partial charge < -0.3 is 19.9 Å². The van der Waals surface area contributed by atoms with Crippen molar-refractivity contribution in [2.75, 3.05) is 27.8 Å². The molecule has 3 aliphatic heterocycles. The number of piperazine rings is 1. The highest BCUT2D eigenvalue weighted by atomic mass is 16.5. The number of aryl methyl sites for hydroxylation is 1. The van der Waals surface area contributed by atoms with E-state index in [0.717, 1.165) is 11.1 Å². The van der Waals surface area contributed by atoms with E-state index >= 15 is 0 Å². The summed E-state index contributed by atoms with van der Waals surface area (Å²) in [7, 11) is 4.80. The van der Waals surface area contributed by atoms with Crippen molar-refractivity contribution < 1.29 is 29.0 Å². The third kappa shape index (κ3) is 3.49. The maximum atomic E-state index is 13.7. The number of nitriles is 1. The van der Waals surface area contributed by atoms with Gasteiger partial charge in [-0.2, -0.15) is 5.26 Å². The molecule has 1 saturated heterocycles. The Morgan fingerprint density at radius 2 is 1.89 bits per heavy atom. The van der Waals surface area contributed by atoms with Crippen LogP contribution in [0.3, 0.4) is 0 Å². The third-order valence-corrected chi connectivity index (χ3v) is 8.61. The maximum Gasteiger partial charge on any atom is 0.226 e. The van der Waals surface area contributed by atoms with Crippen molar-refractivity contribution in [3.8, 4) is 17.6 Å². The zero-order valence-electron chi connectivity index (χ0n) is 22.4. The highest BCUT2D eigenvalue weighted by Gasteiger charge is 2.57. The number of carbonyl (C=O) groups excluding carboxylic acids is 3. The van der Waals surface area contributed by atoms with Crippen LogP contribution in [0.25, 0.3) is 0 Å². The van der Waals surface area contributed by atoms with E-state index in [-0.39, 0.29) is 59.4 Å². The summed E-state index contributed by atoms with van der Waals surface area (Å²) < 4.78 is 10.9. The van der Waals surface area contributed by atoms with Gasteiger partial charge in [-0.3, -0.25) is 24.2 Å². The molecule has 2 bridgehead atoms. The van der Waals surface area contributed by atoms with E-state index in [4.69, 9.17) is 9.47 Å². The molecule has 1 aromatic carbocycles. The fraction of sp³-hybridized carbons (Fsp3) is 0.500. The van der Waals surface area contributed by atoms with Crippen molar-refractivity contribution >= 4 is 17.5 Å². The molecule has 3 heterocycles. The van der Waals surface area contributed by atoms with Gasteiger partial charge in [-0.1, -0.05) is 6.07 Å². The molecule has 1 fully saturated rings. The van der Waals surface area contributed by atoms with Crippen LogP contribution >= 0.6 is 0 Å². The van der Waals surface area contributed by atoms with Gasteiger partial charge in [0, 0.05) is 47.8 Å². The van der Waals surface area contributed by atoms with Crippen LogP contribution in [0.15, 0.2) is 28.5 Å². The predicted octanol–water partition coefficient (Wildman–Crippen LogP) is 1.46. The van der Waals surface area contributed by atoms with Crippen LogP contribution in [-0.2, 0) is 25.5 Å². The van der Waals surface area contributed by atoms with E-state index < -0.39 is 23.9 Å². The fourth-order valence-electron chi connectivity index (χ4n) is 7.05. The first-order valence-electron chi connectivity index (χ1n) is 12.7. The number of allylic oxidation sites excluding steroid dienone is 2. The van der Waals surface area contributed by atoms with Crippen molar-refractivity contribution in [2.45, 2.75) is 63.8 Å². The Morgan fingerprint density at radius 1 is 1.18 bits per heavy atom. The number of nitrogens with one attached hydrogen (secondary N) is 1. The van der Waals surface area contributed by atoms with Crippen LogP contribution in [0.1, 0.15) is 43.0 Å². The van der Waals surface area contributed by atoms with Gasteiger partial charge in [0.2, 0.25) is 11.7 Å². The van der Waals surface area contributed by atoms with Crippen LogP contribution in [0.5, 0.6) is 11.5 Å². The minimum atomic E-state index is -0.721. The number of hydrogen-bond donors (Lipinski definition) is 2. The van der Waals surface area contributed by atoms with E-state index in [1.54, 1.807) is 6.92 Å². The quantitative estimate of drug-likeness (QED) is 0.566. The fourth-order valence-corrected chi connectivity index (χ4v) is 7.05. The minimum Gasteiger partial charge on any atom is -0.504 e. The number of methoxy groups -OCH3 is 2. The number of amides is 1. The molecule has 38 heavy (non-hydrogen) atoms. The van der Waals surface area contributed by atoms with Crippen LogP contribution < -0.4 is 10.1 Å². The highest BCUT2D eigenvalue weighted by Crippen LogP contribution is 2.53. The van der Waals surface area contributed by atoms with Crippen molar-refractivity contribution in [3.05, 3.63) is 45.2 Å². The lowest BCUT2D eigenvalue weighted by atomic mass is 9.69. The Hall–Kier alpha value is -3.68. The highest BCUT2D eigenvalue weighted by molar-refractivity contribution is 6.25. The topological polar surface area (TPSA) is 132 Å². The number of Topliss-reactive ketones (excluding diaryl/α,β-unsaturated/α-hetero) is 2. The molecule has 10 nitrogen and oxygen atoms in total. The SMILES string of the molecule is COC1=C(C)C(=O)C2=C(C1=O)[C@H](CNC(C)=O)N1C(C#N)[C@@H]3Cc4cc(C)c(OC)c(O)c4[C@@H](C1C2)N3C. The standard InChI is InChI=1S/C28H32N4O6/c1-12-7-15-8-17-19(10-29)32-18(23(31(17)4)21(15)25(35)27(12)37-5)9-16-22(20(32)11-30-14(3)33)26(36)28(38-6)13(2)24(16)34/h7,17-20,23,35H,8-9,11H2,1-6H3,(H,30,33)/t17-,18?,19?,20-,23+/m0/s1. The molecule has 2 unspecified atom stereocenters. The van der Waals surface area contributed by atoms with Gasteiger partial charge in [0.25, 0.3) is 0 Å². The molecule has 5 atom stereocenters. The van der Waals surface area contributed by atoms with Gasteiger partial charge in [-0.25, -0.2) is 0 Å². The summed E-state index contributed by atoms with van der Waals surface area (Å²) in [5, 5.41) is 24.7. The maximum absolute atomic E-state index is 13.7. The molecule has 4 aliphatic rings. The molecule has 2 N–H and O–H groups in total.